The molecule has 0 aliphatic rings. The lowest BCUT2D eigenvalue weighted by Gasteiger charge is -2.19. The number of hydrogen-bond acceptors (Lipinski definition) is 3. The van der Waals surface area contributed by atoms with E-state index in [0.717, 1.165) is 23.9 Å². The van der Waals surface area contributed by atoms with E-state index in [9.17, 15) is 5.26 Å². The van der Waals surface area contributed by atoms with Gasteiger partial charge >= 0.3 is 0 Å². The number of nitrogens with zero attached hydrogens (tertiary/aromatic N) is 3. The quantitative estimate of drug-likeness (QED) is 0.785. The van der Waals surface area contributed by atoms with Gasteiger partial charge in [0.15, 0.2) is 0 Å². The maximum atomic E-state index is 9.60. The molecule has 2 aromatic carbocycles. The molecule has 1 N–H and O–H groups in total. The van der Waals surface area contributed by atoms with Gasteiger partial charge in [0.1, 0.15) is 11.8 Å². The second-order valence-corrected chi connectivity index (χ2v) is 5.24. The number of aromatic nitrogens is 2. The summed E-state index contributed by atoms with van der Waals surface area (Å²) in [4.78, 5) is 0. The van der Waals surface area contributed by atoms with Crippen LogP contribution in [-0.2, 0) is 0 Å². The summed E-state index contributed by atoms with van der Waals surface area (Å²) in [6.45, 7) is 0.862. The highest BCUT2D eigenvalue weighted by Crippen LogP contribution is 2.27. The Balaban J connectivity index is 2.14. The number of nitrogens with one attached hydrogen (secondary N) is 1. The van der Waals surface area contributed by atoms with Crippen LogP contribution in [0.5, 0.6) is 0 Å². The molecule has 0 spiro atoms. The summed E-state index contributed by atoms with van der Waals surface area (Å²) >= 11 is 0. The minimum absolute atomic E-state index is 0.0516. The molecule has 3 aromatic rings. The van der Waals surface area contributed by atoms with Crippen molar-refractivity contribution in [1.82, 2.24) is 15.1 Å². The van der Waals surface area contributed by atoms with Gasteiger partial charge in [0.2, 0.25) is 0 Å². The molecule has 1 atom stereocenters. The normalized spacial score (nSPS) is 12.2. The topological polar surface area (TPSA) is 53.6 Å². The molecule has 0 bridgehead atoms. The van der Waals surface area contributed by atoms with Gasteiger partial charge in [-0.1, -0.05) is 42.5 Å². The zero-order valence-electron chi connectivity index (χ0n) is 12.5. The van der Waals surface area contributed by atoms with E-state index in [1.54, 1.807) is 0 Å². The fourth-order valence-corrected chi connectivity index (χ4v) is 2.77. The monoisotopic (exact) mass is 290 g/mol. The van der Waals surface area contributed by atoms with Gasteiger partial charge in [0, 0.05) is 5.39 Å². The lowest BCUT2D eigenvalue weighted by Crippen LogP contribution is -2.19. The smallest absolute Gasteiger partial charge is 0.147 e. The summed E-state index contributed by atoms with van der Waals surface area (Å²) in [7, 11) is 1.94. The maximum absolute atomic E-state index is 9.60. The molecular weight excluding hydrogens is 272 g/mol. The van der Waals surface area contributed by atoms with Crippen molar-refractivity contribution >= 4 is 10.9 Å². The van der Waals surface area contributed by atoms with Crippen LogP contribution in [0.1, 0.15) is 23.7 Å². The molecule has 4 heteroatoms. The molecule has 22 heavy (non-hydrogen) atoms. The zero-order valence-corrected chi connectivity index (χ0v) is 12.5. The fourth-order valence-electron chi connectivity index (χ4n) is 2.77. The van der Waals surface area contributed by atoms with Gasteiger partial charge < -0.3 is 5.32 Å². The third kappa shape index (κ3) is 2.59. The highest BCUT2D eigenvalue weighted by Gasteiger charge is 2.20. The summed E-state index contributed by atoms with van der Waals surface area (Å²) in [5, 5.41) is 18.4. The van der Waals surface area contributed by atoms with E-state index in [0.29, 0.717) is 5.69 Å². The number of rotatable bonds is 5. The lowest BCUT2D eigenvalue weighted by atomic mass is 10.0. The molecule has 0 amide bonds. The second kappa shape index (κ2) is 6.42. The van der Waals surface area contributed by atoms with Crippen molar-refractivity contribution in [2.75, 3.05) is 13.6 Å². The molecule has 0 aliphatic heterocycles. The number of hydrogen-bond donors (Lipinski definition) is 1. The third-order valence-electron chi connectivity index (χ3n) is 3.86. The first-order valence-corrected chi connectivity index (χ1v) is 7.42. The maximum Gasteiger partial charge on any atom is 0.147 e. The van der Waals surface area contributed by atoms with Gasteiger partial charge in [-0.05, 0) is 37.7 Å². The fraction of sp³-hybridized carbons (Fsp3) is 0.222. The van der Waals surface area contributed by atoms with E-state index in [2.05, 4.69) is 28.6 Å². The van der Waals surface area contributed by atoms with E-state index >= 15 is 0 Å². The molecule has 4 nitrogen and oxygen atoms in total. The van der Waals surface area contributed by atoms with Crippen LogP contribution >= 0.6 is 0 Å². The van der Waals surface area contributed by atoms with Crippen molar-refractivity contribution in [3.05, 3.63) is 65.9 Å². The van der Waals surface area contributed by atoms with Crippen LogP contribution < -0.4 is 5.32 Å². The molecule has 110 valence electrons. The van der Waals surface area contributed by atoms with Crippen LogP contribution in [0.2, 0.25) is 0 Å². The molecule has 1 aromatic heterocycles. The van der Waals surface area contributed by atoms with Crippen LogP contribution in [0.15, 0.2) is 54.6 Å². The van der Waals surface area contributed by atoms with E-state index in [-0.39, 0.29) is 6.04 Å². The van der Waals surface area contributed by atoms with Gasteiger partial charge in [-0.15, -0.1) is 0 Å². The molecule has 1 unspecified atom stereocenters. The third-order valence-corrected chi connectivity index (χ3v) is 3.86. The Morgan fingerprint density at radius 3 is 2.59 bits per heavy atom. The molecular formula is C18H18N4. The Morgan fingerprint density at radius 1 is 1.14 bits per heavy atom. The van der Waals surface area contributed by atoms with Crippen LogP contribution in [0.4, 0.5) is 0 Å². The van der Waals surface area contributed by atoms with Gasteiger partial charge in [-0.3, -0.25) is 0 Å². The van der Waals surface area contributed by atoms with E-state index in [4.69, 9.17) is 0 Å². The highest BCUT2D eigenvalue weighted by atomic mass is 15.3. The SMILES string of the molecule is CNCCC(c1ccccc1)n1nc2ccccc2c1C#N. The Morgan fingerprint density at radius 2 is 1.86 bits per heavy atom. The molecule has 0 saturated carbocycles. The van der Waals surface area contributed by atoms with Gasteiger partial charge in [-0.25, -0.2) is 4.68 Å². The molecule has 3 rings (SSSR count). The minimum atomic E-state index is 0.0516. The molecule has 0 saturated heterocycles. The molecule has 0 aliphatic carbocycles. The van der Waals surface area contributed by atoms with E-state index < -0.39 is 0 Å². The molecule has 0 fully saturated rings. The van der Waals surface area contributed by atoms with Crippen LogP contribution in [0.3, 0.4) is 0 Å². The first-order chi connectivity index (χ1) is 10.8. The first kappa shape index (κ1) is 14.3. The van der Waals surface area contributed by atoms with Crippen molar-refractivity contribution < 1.29 is 0 Å². The number of benzene rings is 2. The largest absolute Gasteiger partial charge is 0.320 e. The Bertz CT molecular complexity index is 799. The van der Waals surface area contributed by atoms with Crippen LogP contribution in [0, 0.1) is 11.3 Å². The Labute approximate surface area is 130 Å². The van der Waals surface area contributed by atoms with Crippen molar-refractivity contribution in [2.24, 2.45) is 0 Å². The predicted octanol–water partition coefficient (Wildman–Crippen LogP) is 3.11. The average molecular weight is 290 g/mol. The highest BCUT2D eigenvalue weighted by molar-refractivity contribution is 5.83. The van der Waals surface area contributed by atoms with Crippen LogP contribution in [0.25, 0.3) is 10.9 Å². The summed E-state index contributed by atoms with van der Waals surface area (Å²) < 4.78 is 1.87. The number of nitriles is 1. The summed E-state index contributed by atoms with van der Waals surface area (Å²) in [6.07, 6.45) is 0.878. The Kier molecular flexibility index (Phi) is 4.17. The minimum Gasteiger partial charge on any atom is -0.320 e. The van der Waals surface area contributed by atoms with Crippen LogP contribution in [-0.4, -0.2) is 23.4 Å². The Hall–Kier alpha value is -2.64. The molecule has 1 heterocycles. The summed E-state index contributed by atoms with van der Waals surface area (Å²) in [6, 6.07) is 20.4. The standard InChI is InChI=1S/C18H18N4/c1-20-12-11-17(14-7-3-2-4-8-14)22-18(13-19)15-9-5-6-10-16(15)21-22/h2-10,17,20H,11-12H2,1H3. The van der Waals surface area contributed by atoms with Crippen molar-refractivity contribution in [3.8, 4) is 6.07 Å². The zero-order chi connectivity index (χ0) is 15.4. The van der Waals surface area contributed by atoms with Gasteiger partial charge in [0.05, 0.1) is 11.6 Å². The van der Waals surface area contributed by atoms with Crippen molar-refractivity contribution in [3.63, 3.8) is 0 Å². The summed E-state index contributed by atoms with van der Waals surface area (Å²) in [5.74, 6) is 0. The van der Waals surface area contributed by atoms with Crippen molar-refractivity contribution in [1.29, 1.82) is 5.26 Å². The second-order valence-electron chi connectivity index (χ2n) is 5.24. The predicted molar refractivity (Wildman–Crippen MR) is 87.6 cm³/mol. The van der Waals surface area contributed by atoms with Gasteiger partial charge in [0.25, 0.3) is 0 Å². The van der Waals surface area contributed by atoms with Gasteiger partial charge in [-0.2, -0.15) is 10.4 Å². The summed E-state index contributed by atoms with van der Waals surface area (Å²) in [5.41, 5.74) is 2.66. The average Bonchev–Trinajstić information content (AvgIpc) is 2.94. The lowest BCUT2D eigenvalue weighted by molar-refractivity contribution is 0.480. The number of fused-ring (bicyclic) bond motifs is 1. The molecule has 0 radical (unpaired) electrons. The first-order valence-electron chi connectivity index (χ1n) is 7.42. The van der Waals surface area contributed by atoms with Crippen molar-refractivity contribution in [2.45, 2.75) is 12.5 Å². The van der Waals surface area contributed by atoms with E-state index in [1.165, 1.54) is 5.56 Å². The van der Waals surface area contributed by atoms with E-state index in [1.807, 2.05) is 54.2 Å².